The number of imide groups is 1. The Morgan fingerprint density at radius 2 is 1.77 bits per heavy atom. The fourth-order valence-electron chi connectivity index (χ4n) is 3.53. The van der Waals surface area contributed by atoms with E-state index < -0.39 is 11.8 Å². The zero-order chi connectivity index (χ0) is 22.1. The third-order valence-electron chi connectivity index (χ3n) is 5.32. The summed E-state index contributed by atoms with van der Waals surface area (Å²) in [7, 11) is 3.90. The van der Waals surface area contributed by atoms with Crippen molar-refractivity contribution in [2.45, 2.75) is 13.5 Å². The Kier molecular flexibility index (Phi) is 5.22. The molecule has 2 aromatic carbocycles. The third-order valence-corrected chi connectivity index (χ3v) is 5.32. The van der Waals surface area contributed by atoms with Crippen molar-refractivity contribution < 1.29 is 19.1 Å². The van der Waals surface area contributed by atoms with Gasteiger partial charge >= 0.3 is 0 Å². The predicted octanol–water partition coefficient (Wildman–Crippen LogP) is 3.27. The highest BCUT2D eigenvalue weighted by atomic mass is 16.7. The van der Waals surface area contributed by atoms with Crippen LogP contribution in [0, 0.1) is 11.3 Å². The molecule has 0 radical (unpaired) electrons. The smallest absolute Gasteiger partial charge is 0.271 e. The highest BCUT2D eigenvalue weighted by Crippen LogP contribution is 2.34. The van der Waals surface area contributed by atoms with E-state index in [0.717, 1.165) is 16.2 Å². The molecule has 2 amide bonds. The van der Waals surface area contributed by atoms with Crippen LogP contribution >= 0.6 is 0 Å². The number of anilines is 1. The molecule has 2 heterocycles. The van der Waals surface area contributed by atoms with E-state index in [9.17, 15) is 14.9 Å². The lowest BCUT2D eigenvalue weighted by molar-refractivity contribution is -0.141. The predicted molar refractivity (Wildman–Crippen MR) is 115 cm³/mol. The van der Waals surface area contributed by atoms with Gasteiger partial charge in [0.25, 0.3) is 11.8 Å². The molecule has 0 spiro atoms. The minimum absolute atomic E-state index is 0.0310. The van der Waals surface area contributed by atoms with Gasteiger partial charge in [-0.2, -0.15) is 5.26 Å². The van der Waals surface area contributed by atoms with Gasteiger partial charge < -0.3 is 14.4 Å². The molecule has 2 aromatic rings. The first-order chi connectivity index (χ1) is 14.9. The molecule has 0 fully saturated rings. The highest BCUT2D eigenvalue weighted by Gasteiger charge is 2.35. The van der Waals surface area contributed by atoms with Gasteiger partial charge in [0.05, 0.1) is 6.54 Å². The van der Waals surface area contributed by atoms with Crippen LogP contribution in [0.25, 0.3) is 6.08 Å². The number of nitriles is 1. The summed E-state index contributed by atoms with van der Waals surface area (Å²) < 4.78 is 10.7. The number of fused-ring (bicyclic) bond motifs is 1. The number of hydrogen-bond acceptors (Lipinski definition) is 6. The van der Waals surface area contributed by atoms with E-state index >= 15 is 0 Å². The average molecular weight is 415 g/mol. The van der Waals surface area contributed by atoms with Crippen molar-refractivity contribution in [1.82, 2.24) is 4.90 Å². The summed E-state index contributed by atoms with van der Waals surface area (Å²) in [4.78, 5) is 29.2. The molecule has 0 aliphatic carbocycles. The van der Waals surface area contributed by atoms with Crippen LogP contribution in [0.3, 0.4) is 0 Å². The van der Waals surface area contributed by atoms with Crippen molar-refractivity contribution in [2.75, 3.05) is 25.8 Å². The molecule has 7 heteroatoms. The second-order valence-corrected chi connectivity index (χ2v) is 7.54. The lowest BCUT2D eigenvalue weighted by Crippen LogP contribution is -2.42. The maximum atomic E-state index is 13.3. The lowest BCUT2D eigenvalue weighted by Gasteiger charge is -2.27. The third kappa shape index (κ3) is 3.76. The Labute approximate surface area is 180 Å². The number of nitrogens with zero attached hydrogens (tertiary/aromatic N) is 3. The summed E-state index contributed by atoms with van der Waals surface area (Å²) in [5.74, 6) is 0.160. The van der Waals surface area contributed by atoms with Gasteiger partial charge in [0, 0.05) is 25.4 Å². The van der Waals surface area contributed by atoms with Crippen LogP contribution < -0.4 is 14.4 Å². The molecular formula is C24H21N3O4. The van der Waals surface area contributed by atoms with Crippen molar-refractivity contribution in [3.8, 4) is 17.6 Å². The molecule has 7 nitrogen and oxygen atoms in total. The Hall–Kier alpha value is -4.05. The molecule has 0 unspecified atom stereocenters. The molecule has 0 atom stereocenters. The van der Waals surface area contributed by atoms with Gasteiger partial charge in [-0.25, -0.2) is 0 Å². The summed E-state index contributed by atoms with van der Waals surface area (Å²) >= 11 is 0. The van der Waals surface area contributed by atoms with E-state index in [1.165, 1.54) is 0 Å². The molecule has 31 heavy (non-hydrogen) atoms. The van der Waals surface area contributed by atoms with Crippen LogP contribution in [0.4, 0.5) is 5.69 Å². The van der Waals surface area contributed by atoms with E-state index in [0.29, 0.717) is 28.2 Å². The first kappa shape index (κ1) is 20.2. The fraction of sp³-hybridized carbons (Fsp3) is 0.208. The van der Waals surface area contributed by atoms with Crippen LogP contribution in [0.2, 0.25) is 0 Å². The van der Waals surface area contributed by atoms with Crippen LogP contribution in [0.5, 0.6) is 11.5 Å². The number of hydrogen-bond donors (Lipinski definition) is 0. The summed E-state index contributed by atoms with van der Waals surface area (Å²) in [5, 5.41) is 9.57. The van der Waals surface area contributed by atoms with Gasteiger partial charge in [-0.15, -0.1) is 0 Å². The van der Waals surface area contributed by atoms with Crippen LogP contribution in [0.15, 0.2) is 59.2 Å². The lowest BCUT2D eigenvalue weighted by atomic mass is 9.93. The molecule has 156 valence electrons. The van der Waals surface area contributed by atoms with Gasteiger partial charge in [0.1, 0.15) is 11.6 Å². The monoisotopic (exact) mass is 415 g/mol. The molecular weight excluding hydrogens is 394 g/mol. The maximum Gasteiger partial charge on any atom is 0.271 e. The largest absolute Gasteiger partial charge is 0.454 e. The quantitative estimate of drug-likeness (QED) is 0.563. The molecule has 0 saturated heterocycles. The maximum absolute atomic E-state index is 13.3. The van der Waals surface area contributed by atoms with Crippen LogP contribution in [-0.4, -0.2) is 37.6 Å². The summed E-state index contributed by atoms with van der Waals surface area (Å²) in [5.41, 5.74) is 3.23. The molecule has 2 aliphatic rings. The molecule has 0 N–H and O–H groups in total. The first-order valence-electron chi connectivity index (χ1n) is 9.74. The van der Waals surface area contributed by atoms with E-state index in [1.807, 2.05) is 49.3 Å². The van der Waals surface area contributed by atoms with Gasteiger partial charge in [-0.3, -0.25) is 14.5 Å². The van der Waals surface area contributed by atoms with Crippen molar-refractivity contribution in [3.63, 3.8) is 0 Å². The zero-order valence-electron chi connectivity index (χ0n) is 17.5. The molecule has 4 rings (SSSR count). The minimum Gasteiger partial charge on any atom is -0.454 e. The Balaban J connectivity index is 1.69. The van der Waals surface area contributed by atoms with Crippen molar-refractivity contribution in [1.29, 1.82) is 5.26 Å². The minimum atomic E-state index is -0.595. The first-order valence-corrected chi connectivity index (χ1v) is 9.74. The van der Waals surface area contributed by atoms with Crippen molar-refractivity contribution in [3.05, 3.63) is 70.3 Å². The number of ether oxygens (including phenoxy) is 2. The van der Waals surface area contributed by atoms with Gasteiger partial charge in [0.2, 0.25) is 6.79 Å². The molecule has 0 saturated carbocycles. The van der Waals surface area contributed by atoms with E-state index in [4.69, 9.17) is 9.47 Å². The van der Waals surface area contributed by atoms with E-state index in [1.54, 1.807) is 31.2 Å². The van der Waals surface area contributed by atoms with Gasteiger partial charge in [0.15, 0.2) is 11.5 Å². The van der Waals surface area contributed by atoms with Crippen LogP contribution in [0.1, 0.15) is 18.1 Å². The fourth-order valence-corrected chi connectivity index (χ4v) is 3.53. The summed E-state index contributed by atoms with van der Waals surface area (Å²) in [6, 6.07) is 14.9. The van der Waals surface area contributed by atoms with Crippen molar-refractivity contribution in [2.24, 2.45) is 0 Å². The summed E-state index contributed by atoms with van der Waals surface area (Å²) in [6.07, 6.45) is 1.72. The zero-order valence-corrected chi connectivity index (χ0v) is 17.5. The highest BCUT2D eigenvalue weighted by molar-refractivity contribution is 6.19. The van der Waals surface area contributed by atoms with E-state index in [2.05, 4.69) is 0 Å². The molecule has 0 aromatic heterocycles. The SMILES string of the molecule is CC1=C(C#N)C(=O)N(Cc2ccc3c(c2)OCO3)C(=O)/C1=C/c1ccc(N(C)C)cc1. The second kappa shape index (κ2) is 8.00. The Morgan fingerprint density at radius 1 is 1.06 bits per heavy atom. The van der Waals surface area contributed by atoms with Gasteiger partial charge in [-0.1, -0.05) is 18.2 Å². The van der Waals surface area contributed by atoms with Crippen LogP contribution in [-0.2, 0) is 16.1 Å². The molecule has 2 aliphatic heterocycles. The number of carbonyl (C=O) groups is 2. The molecule has 0 bridgehead atoms. The number of benzene rings is 2. The second-order valence-electron chi connectivity index (χ2n) is 7.54. The summed E-state index contributed by atoms with van der Waals surface area (Å²) in [6.45, 7) is 1.80. The number of rotatable bonds is 4. The topological polar surface area (TPSA) is 82.9 Å². The van der Waals surface area contributed by atoms with Gasteiger partial charge in [-0.05, 0) is 54.0 Å². The van der Waals surface area contributed by atoms with Crippen molar-refractivity contribution >= 4 is 23.6 Å². The normalized spacial score (nSPS) is 16.7. The average Bonchev–Trinajstić information content (AvgIpc) is 3.23. The number of amides is 2. The van der Waals surface area contributed by atoms with E-state index in [-0.39, 0.29) is 18.9 Å². The Morgan fingerprint density at radius 3 is 2.45 bits per heavy atom. The number of carbonyl (C=O) groups excluding carboxylic acids is 2. The standard InChI is InChI=1S/C24H21N3O4/c1-15-19(10-16-4-7-18(8-5-16)26(2)3)23(28)27(24(29)20(15)12-25)13-17-6-9-21-22(11-17)31-14-30-21/h4-11H,13-14H2,1-3H3/b19-10+. The Bertz CT molecular complexity index is 1170.